The van der Waals surface area contributed by atoms with E-state index in [0.717, 1.165) is 17.0 Å². The highest BCUT2D eigenvalue weighted by Gasteiger charge is 2.30. The fraction of sp³-hybridized carbons (Fsp3) is 0.533. The molecule has 0 unspecified atom stereocenters. The van der Waals surface area contributed by atoms with Crippen LogP contribution in [-0.2, 0) is 16.0 Å². The number of carboxylic acid groups (broad SMARTS) is 1. The van der Waals surface area contributed by atoms with Crippen molar-refractivity contribution in [1.82, 2.24) is 0 Å². The van der Waals surface area contributed by atoms with Gasteiger partial charge in [-0.25, -0.2) is 4.79 Å². The van der Waals surface area contributed by atoms with Crippen LogP contribution in [0, 0.1) is 11.3 Å². The highest BCUT2D eigenvalue weighted by atomic mass is 16.6. The van der Waals surface area contributed by atoms with Gasteiger partial charge in [0.1, 0.15) is 5.60 Å². The number of carbonyl (C=O) groups excluding carboxylic acids is 1. The Morgan fingerprint density at radius 1 is 0.882 bits per heavy atom. The highest BCUT2D eigenvalue weighted by Crippen LogP contribution is 2.43. The van der Waals surface area contributed by atoms with E-state index < -0.39 is 17.5 Å². The summed E-state index contributed by atoms with van der Waals surface area (Å²) < 4.78 is 5.40. The average Bonchev–Trinajstić information content (AvgIpc) is 2.76. The monoisotopic (exact) mass is 464 g/mol. The molecule has 1 saturated carbocycles. The zero-order valence-electron chi connectivity index (χ0n) is 21.6. The van der Waals surface area contributed by atoms with E-state index in [4.69, 9.17) is 4.74 Å². The van der Waals surface area contributed by atoms with Gasteiger partial charge in [0, 0.05) is 0 Å². The van der Waals surface area contributed by atoms with Crippen molar-refractivity contribution in [2.24, 2.45) is 11.3 Å². The molecule has 0 bridgehead atoms. The summed E-state index contributed by atoms with van der Waals surface area (Å²) in [5.41, 5.74) is 3.30. The minimum atomic E-state index is -0.838. The van der Waals surface area contributed by atoms with Gasteiger partial charge in [0.25, 0.3) is 0 Å². The summed E-state index contributed by atoms with van der Waals surface area (Å²) in [6.45, 7) is 12.5. The summed E-state index contributed by atoms with van der Waals surface area (Å²) in [6.07, 6.45) is 5.29. The van der Waals surface area contributed by atoms with Gasteiger partial charge in [0.05, 0.1) is 11.5 Å². The fourth-order valence-corrected chi connectivity index (χ4v) is 4.99. The first-order valence-corrected chi connectivity index (χ1v) is 12.5. The largest absolute Gasteiger partial charge is 0.481 e. The first kappa shape index (κ1) is 26.0. The lowest BCUT2D eigenvalue weighted by Crippen LogP contribution is -2.25. The number of ether oxygens (including phenoxy) is 1. The predicted molar refractivity (Wildman–Crippen MR) is 136 cm³/mol. The van der Waals surface area contributed by atoms with E-state index in [9.17, 15) is 14.7 Å². The summed E-state index contributed by atoms with van der Waals surface area (Å²) in [5.74, 6) is -0.494. The first-order chi connectivity index (χ1) is 15.8. The highest BCUT2D eigenvalue weighted by molar-refractivity contribution is 5.89. The number of carboxylic acids is 1. The zero-order chi connectivity index (χ0) is 25.1. The maximum atomic E-state index is 12.2. The molecule has 0 saturated heterocycles. The summed E-state index contributed by atoms with van der Waals surface area (Å²) in [7, 11) is 0. The van der Waals surface area contributed by atoms with Gasteiger partial charge in [0.15, 0.2) is 0 Å². The lowest BCUT2D eigenvalue weighted by Gasteiger charge is -2.37. The van der Waals surface area contributed by atoms with Crippen molar-refractivity contribution in [3.05, 3.63) is 70.8 Å². The second-order valence-electron chi connectivity index (χ2n) is 11.9. The van der Waals surface area contributed by atoms with Crippen LogP contribution in [0.2, 0.25) is 0 Å². The number of rotatable bonds is 6. The lowest BCUT2D eigenvalue weighted by molar-refractivity contribution is -0.138. The van der Waals surface area contributed by atoms with Crippen LogP contribution in [0.25, 0.3) is 0 Å². The number of hydrogen-bond acceptors (Lipinski definition) is 3. The minimum absolute atomic E-state index is 0.370. The van der Waals surface area contributed by atoms with Crippen LogP contribution >= 0.6 is 0 Å². The molecule has 4 nitrogen and oxygen atoms in total. The van der Waals surface area contributed by atoms with Crippen LogP contribution in [0.3, 0.4) is 0 Å². The second-order valence-corrected chi connectivity index (χ2v) is 11.9. The molecular weight excluding hydrogens is 424 g/mol. The Bertz CT molecular complexity index is 966. The Morgan fingerprint density at radius 3 is 1.91 bits per heavy atom. The molecule has 0 aromatic heterocycles. The summed E-state index contributed by atoms with van der Waals surface area (Å²) in [6, 6.07) is 15.3. The summed E-state index contributed by atoms with van der Waals surface area (Å²) in [5, 5.41) is 9.91. The van der Waals surface area contributed by atoms with Gasteiger partial charge in [-0.05, 0) is 98.9 Å². The lowest BCUT2D eigenvalue weighted by atomic mass is 9.68. The van der Waals surface area contributed by atoms with E-state index >= 15 is 0 Å². The van der Waals surface area contributed by atoms with Crippen LogP contribution in [0.4, 0.5) is 0 Å². The SMILES string of the molecule is CC(C)(C)OC(=O)c1ccc(C[C@@H](C(=O)O)c2ccc([C@H]3CC[C@@H](C(C)(C)C)CC3)cc2)cc1. The van der Waals surface area contributed by atoms with Crippen LogP contribution in [-0.4, -0.2) is 22.6 Å². The van der Waals surface area contributed by atoms with Crippen LogP contribution in [0.15, 0.2) is 48.5 Å². The molecule has 1 aliphatic carbocycles. The zero-order valence-corrected chi connectivity index (χ0v) is 21.6. The smallest absolute Gasteiger partial charge is 0.338 e. The normalized spacial score (nSPS) is 19.9. The Morgan fingerprint density at radius 2 is 1.44 bits per heavy atom. The second kappa shape index (κ2) is 10.3. The Balaban J connectivity index is 1.66. The van der Waals surface area contributed by atoms with E-state index in [2.05, 4.69) is 32.9 Å². The third-order valence-corrected chi connectivity index (χ3v) is 7.09. The molecule has 1 fully saturated rings. The fourth-order valence-electron chi connectivity index (χ4n) is 4.99. The van der Waals surface area contributed by atoms with Gasteiger partial charge >= 0.3 is 11.9 Å². The predicted octanol–water partition coefficient (Wildman–Crippen LogP) is 7.37. The van der Waals surface area contributed by atoms with E-state index in [1.807, 2.05) is 45.0 Å². The van der Waals surface area contributed by atoms with Crippen molar-refractivity contribution in [3.8, 4) is 0 Å². The third kappa shape index (κ3) is 6.94. The van der Waals surface area contributed by atoms with Crippen molar-refractivity contribution in [3.63, 3.8) is 0 Å². The quantitative estimate of drug-likeness (QED) is 0.453. The maximum absolute atomic E-state index is 12.2. The van der Waals surface area contributed by atoms with Crippen LogP contribution < -0.4 is 0 Å². The van der Waals surface area contributed by atoms with Gasteiger partial charge in [0.2, 0.25) is 0 Å². The molecule has 0 heterocycles. The van der Waals surface area contributed by atoms with Gasteiger partial charge in [-0.1, -0.05) is 57.2 Å². The molecule has 1 atom stereocenters. The topological polar surface area (TPSA) is 63.6 Å². The van der Waals surface area contributed by atoms with E-state index in [1.165, 1.54) is 31.2 Å². The average molecular weight is 465 g/mol. The number of benzene rings is 2. The first-order valence-electron chi connectivity index (χ1n) is 12.5. The van der Waals surface area contributed by atoms with Crippen molar-refractivity contribution in [1.29, 1.82) is 0 Å². The number of esters is 1. The maximum Gasteiger partial charge on any atom is 0.338 e. The van der Waals surface area contributed by atoms with Gasteiger partial charge in [-0.15, -0.1) is 0 Å². The Kier molecular flexibility index (Phi) is 7.90. The molecule has 4 heteroatoms. The van der Waals surface area contributed by atoms with Crippen molar-refractivity contribution < 1.29 is 19.4 Å². The van der Waals surface area contributed by atoms with E-state index in [1.54, 1.807) is 12.1 Å². The van der Waals surface area contributed by atoms with E-state index in [0.29, 0.717) is 23.3 Å². The molecule has 3 rings (SSSR count). The molecule has 0 spiro atoms. The number of aliphatic carboxylic acids is 1. The molecule has 0 radical (unpaired) electrons. The molecule has 2 aromatic carbocycles. The van der Waals surface area contributed by atoms with Crippen molar-refractivity contribution >= 4 is 11.9 Å². The summed E-state index contributed by atoms with van der Waals surface area (Å²) >= 11 is 0. The van der Waals surface area contributed by atoms with Crippen LogP contribution in [0.5, 0.6) is 0 Å². The number of carbonyl (C=O) groups is 2. The van der Waals surface area contributed by atoms with E-state index in [-0.39, 0.29) is 5.97 Å². The molecular formula is C30H40O4. The molecule has 2 aromatic rings. The molecule has 1 aliphatic rings. The van der Waals surface area contributed by atoms with Crippen molar-refractivity contribution in [2.75, 3.05) is 0 Å². The minimum Gasteiger partial charge on any atom is -0.481 e. The molecule has 0 aliphatic heterocycles. The number of hydrogen-bond donors (Lipinski definition) is 1. The molecule has 1 N–H and O–H groups in total. The molecule has 34 heavy (non-hydrogen) atoms. The van der Waals surface area contributed by atoms with Crippen molar-refractivity contribution in [2.45, 2.75) is 91.1 Å². The molecule has 0 amide bonds. The summed E-state index contributed by atoms with van der Waals surface area (Å²) in [4.78, 5) is 24.3. The Labute approximate surface area is 204 Å². The van der Waals surface area contributed by atoms with Crippen LogP contribution in [0.1, 0.15) is 106 Å². The van der Waals surface area contributed by atoms with Gasteiger partial charge in [-0.3, -0.25) is 4.79 Å². The molecule has 184 valence electrons. The standard InChI is InChI=1S/C30H40O4/c1-29(2,3)25-17-15-22(16-18-25)21-11-13-23(14-12-21)26(27(31)32)19-20-7-9-24(10-8-20)28(33)34-30(4,5)6/h7-14,22,25-26H,15-19H2,1-6H3,(H,31,32)/t22-,25+,26-/m1/s1. The van der Waals surface area contributed by atoms with Gasteiger partial charge in [-0.2, -0.15) is 0 Å². The Hall–Kier alpha value is -2.62. The third-order valence-electron chi connectivity index (χ3n) is 7.09. The van der Waals surface area contributed by atoms with Gasteiger partial charge < -0.3 is 9.84 Å².